The summed E-state index contributed by atoms with van der Waals surface area (Å²) >= 11 is 0. The van der Waals surface area contributed by atoms with Crippen molar-refractivity contribution in [3.63, 3.8) is 0 Å². The fourth-order valence-electron chi connectivity index (χ4n) is 2.04. The minimum absolute atomic E-state index is 0.235. The zero-order valence-electron chi connectivity index (χ0n) is 12.6. The molecule has 1 saturated heterocycles. The average Bonchev–Trinajstić information content (AvgIpc) is 2.77. The van der Waals surface area contributed by atoms with Crippen molar-refractivity contribution in [3.05, 3.63) is 0 Å². The van der Waals surface area contributed by atoms with Crippen molar-refractivity contribution >= 4 is 18.0 Å². The first-order valence-electron chi connectivity index (χ1n) is 6.56. The van der Waals surface area contributed by atoms with Gasteiger partial charge in [-0.05, 0) is 27.2 Å². The van der Waals surface area contributed by atoms with Crippen LogP contribution in [0, 0.1) is 0 Å². The Morgan fingerprint density at radius 2 is 1.90 bits per heavy atom. The largest absolute Gasteiger partial charge is 0.480 e. The maximum Gasteiger partial charge on any atom is 0.411 e. The number of methoxy groups -OCH3 is 1. The second-order valence-electron chi connectivity index (χ2n) is 5.67. The molecule has 0 bridgehead atoms. The van der Waals surface area contributed by atoms with E-state index >= 15 is 0 Å². The van der Waals surface area contributed by atoms with E-state index in [1.807, 2.05) is 0 Å². The standard InChI is InChI=1S/C13H21NO7/c1-13(2,3)21-12(18)14-6-5-8(20-7-9(15)16)10(14)11(17)19-4/h8,10H,5-7H2,1-4H3,(H,15,16)/t8-,10-/m0/s1. The molecule has 120 valence electrons. The minimum Gasteiger partial charge on any atom is -0.480 e. The van der Waals surface area contributed by atoms with E-state index in [2.05, 4.69) is 4.74 Å². The van der Waals surface area contributed by atoms with Gasteiger partial charge >= 0.3 is 18.0 Å². The van der Waals surface area contributed by atoms with E-state index in [0.29, 0.717) is 6.42 Å². The van der Waals surface area contributed by atoms with Crippen LogP contribution >= 0.6 is 0 Å². The van der Waals surface area contributed by atoms with Crippen LogP contribution in [0.1, 0.15) is 27.2 Å². The number of ether oxygens (including phenoxy) is 3. The summed E-state index contributed by atoms with van der Waals surface area (Å²) in [5, 5.41) is 8.64. The van der Waals surface area contributed by atoms with E-state index in [9.17, 15) is 14.4 Å². The number of esters is 1. The number of hydrogen-bond donors (Lipinski definition) is 1. The van der Waals surface area contributed by atoms with Crippen LogP contribution in [0.15, 0.2) is 0 Å². The van der Waals surface area contributed by atoms with Gasteiger partial charge in [0, 0.05) is 6.54 Å². The number of carbonyl (C=O) groups excluding carboxylic acids is 2. The molecular formula is C13H21NO7. The van der Waals surface area contributed by atoms with Crippen LogP contribution in [0.2, 0.25) is 0 Å². The molecule has 0 unspecified atom stereocenters. The van der Waals surface area contributed by atoms with Crippen LogP contribution in [-0.4, -0.2) is 66.0 Å². The Balaban J connectivity index is 2.81. The first-order valence-corrected chi connectivity index (χ1v) is 6.56. The molecular weight excluding hydrogens is 282 g/mol. The van der Waals surface area contributed by atoms with Gasteiger partial charge in [0.05, 0.1) is 13.2 Å². The average molecular weight is 303 g/mol. The third-order valence-electron chi connectivity index (χ3n) is 2.83. The second-order valence-corrected chi connectivity index (χ2v) is 5.67. The van der Waals surface area contributed by atoms with Gasteiger partial charge in [-0.25, -0.2) is 14.4 Å². The van der Waals surface area contributed by atoms with Crippen LogP contribution in [0.3, 0.4) is 0 Å². The first kappa shape index (κ1) is 17.2. The lowest BCUT2D eigenvalue weighted by molar-refractivity contribution is -0.154. The molecule has 0 aromatic heterocycles. The molecule has 0 aromatic carbocycles. The van der Waals surface area contributed by atoms with Crippen molar-refractivity contribution in [2.45, 2.75) is 44.9 Å². The second kappa shape index (κ2) is 6.75. The zero-order chi connectivity index (χ0) is 16.2. The van der Waals surface area contributed by atoms with Gasteiger partial charge < -0.3 is 19.3 Å². The molecule has 1 amide bonds. The molecule has 0 aromatic rings. The Hall–Kier alpha value is -1.83. The molecule has 1 N–H and O–H groups in total. The lowest BCUT2D eigenvalue weighted by Gasteiger charge is -2.28. The Bertz CT molecular complexity index is 415. The summed E-state index contributed by atoms with van der Waals surface area (Å²) in [5.41, 5.74) is -0.697. The first-order chi connectivity index (χ1) is 9.65. The molecule has 1 aliphatic heterocycles. The summed E-state index contributed by atoms with van der Waals surface area (Å²) in [5.74, 6) is -1.80. The summed E-state index contributed by atoms with van der Waals surface area (Å²) in [4.78, 5) is 35.7. The van der Waals surface area contributed by atoms with E-state index in [1.165, 1.54) is 12.0 Å². The van der Waals surface area contributed by atoms with Crippen molar-refractivity contribution in [3.8, 4) is 0 Å². The van der Waals surface area contributed by atoms with E-state index < -0.39 is 42.4 Å². The minimum atomic E-state index is -1.14. The number of likely N-dealkylation sites (tertiary alicyclic amines) is 1. The molecule has 8 heteroatoms. The molecule has 0 radical (unpaired) electrons. The molecule has 2 atom stereocenters. The van der Waals surface area contributed by atoms with E-state index in [-0.39, 0.29) is 6.54 Å². The van der Waals surface area contributed by atoms with Crippen molar-refractivity contribution in [1.82, 2.24) is 4.90 Å². The number of hydrogen-bond acceptors (Lipinski definition) is 6. The molecule has 1 aliphatic rings. The highest BCUT2D eigenvalue weighted by atomic mass is 16.6. The van der Waals surface area contributed by atoms with Gasteiger partial charge in [0.2, 0.25) is 0 Å². The molecule has 0 spiro atoms. The fraction of sp³-hybridized carbons (Fsp3) is 0.769. The highest BCUT2D eigenvalue weighted by Gasteiger charge is 2.45. The van der Waals surface area contributed by atoms with Gasteiger partial charge in [-0.2, -0.15) is 0 Å². The quantitative estimate of drug-likeness (QED) is 0.760. The Morgan fingerprint density at radius 3 is 2.38 bits per heavy atom. The van der Waals surface area contributed by atoms with Gasteiger partial charge in [0.25, 0.3) is 0 Å². The van der Waals surface area contributed by atoms with Crippen LogP contribution in [0.4, 0.5) is 4.79 Å². The molecule has 8 nitrogen and oxygen atoms in total. The lowest BCUT2D eigenvalue weighted by atomic mass is 10.1. The van der Waals surface area contributed by atoms with Crippen molar-refractivity contribution in [2.75, 3.05) is 20.3 Å². The molecule has 0 saturated carbocycles. The van der Waals surface area contributed by atoms with Gasteiger partial charge in [0.1, 0.15) is 12.2 Å². The summed E-state index contributed by atoms with van der Waals surface area (Å²) in [6, 6.07) is -0.996. The topological polar surface area (TPSA) is 102 Å². The van der Waals surface area contributed by atoms with E-state index in [4.69, 9.17) is 14.6 Å². The Labute approximate surface area is 122 Å². The summed E-state index contributed by atoms with van der Waals surface area (Å²) < 4.78 is 15.1. The number of nitrogens with zero attached hydrogens (tertiary/aromatic N) is 1. The number of carboxylic acids is 1. The predicted molar refractivity (Wildman–Crippen MR) is 70.7 cm³/mol. The van der Waals surface area contributed by atoms with Crippen LogP contribution in [0.25, 0.3) is 0 Å². The molecule has 21 heavy (non-hydrogen) atoms. The van der Waals surface area contributed by atoms with Crippen molar-refractivity contribution in [2.24, 2.45) is 0 Å². The highest BCUT2D eigenvalue weighted by molar-refractivity contribution is 5.83. The number of rotatable bonds is 4. The third-order valence-corrected chi connectivity index (χ3v) is 2.83. The Kier molecular flexibility index (Phi) is 5.54. The lowest BCUT2D eigenvalue weighted by Crippen LogP contribution is -2.48. The van der Waals surface area contributed by atoms with Gasteiger partial charge in [0.15, 0.2) is 6.04 Å². The van der Waals surface area contributed by atoms with Crippen molar-refractivity contribution < 1.29 is 33.7 Å². The van der Waals surface area contributed by atoms with Crippen LogP contribution in [0.5, 0.6) is 0 Å². The Morgan fingerprint density at radius 1 is 1.29 bits per heavy atom. The maximum atomic E-state index is 12.1. The summed E-state index contributed by atoms with van der Waals surface area (Å²) in [7, 11) is 1.20. The SMILES string of the molecule is COC(=O)[C@@H]1[C@@H](OCC(=O)O)CCN1C(=O)OC(C)(C)C. The molecule has 1 heterocycles. The van der Waals surface area contributed by atoms with Gasteiger partial charge in [-0.15, -0.1) is 0 Å². The smallest absolute Gasteiger partial charge is 0.411 e. The fourth-order valence-corrected chi connectivity index (χ4v) is 2.04. The predicted octanol–water partition coefficient (Wildman–Crippen LogP) is 0.639. The monoisotopic (exact) mass is 303 g/mol. The van der Waals surface area contributed by atoms with Gasteiger partial charge in [-0.1, -0.05) is 0 Å². The van der Waals surface area contributed by atoms with Crippen molar-refractivity contribution in [1.29, 1.82) is 0 Å². The molecule has 1 fully saturated rings. The number of amides is 1. The normalized spacial score (nSPS) is 22.0. The number of carboxylic acid groups (broad SMARTS) is 1. The van der Waals surface area contributed by atoms with E-state index in [1.54, 1.807) is 20.8 Å². The summed E-state index contributed by atoms with van der Waals surface area (Å²) in [6.07, 6.45) is -1.04. The highest BCUT2D eigenvalue weighted by Crippen LogP contribution is 2.24. The number of carbonyl (C=O) groups is 3. The number of aliphatic carboxylic acids is 1. The zero-order valence-corrected chi connectivity index (χ0v) is 12.6. The van der Waals surface area contributed by atoms with Gasteiger partial charge in [-0.3, -0.25) is 4.90 Å². The van der Waals surface area contributed by atoms with E-state index in [0.717, 1.165) is 0 Å². The molecule has 1 rings (SSSR count). The third kappa shape index (κ3) is 4.89. The van der Waals surface area contributed by atoms with Crippen LogP contribution < -0.4 is 0 Å². The van der Waals surface area contributed by atoms with Crippen LogP contribution in [-0.2, 0) is 23.8 Å². The molecule has 0 aliphatic carbocycles. The maximum absolute atomic E-state index is 12.1. The summed E-state index contributed by atoms with van der Waals surface area (Å²) in [6.45, 7) is 4.84.